The van der Waals surface area contributed by atoms with Crippen LogP contribution in [0.3, 0.4) is 0 Å². The maximum Gasteiger partial charge on any atom is 0.225 e. The van der Waals surface area contributed by atoms with Crippen LogP contribution in [0.15, 0.2) is 36.7 Å². The molecule has 1 fully saturated rings. The zero-order valence-electron chi connectivity index (χ0n) is 13.0. The van der Waals surface area contributed by atoms with Gasteiger partial charge in [-0.2, -0.15) is 0 Å². The molecule has 1 aliphatic rings. The Hall–Kier alpha value is -2.30. The number of benzene rings is 1. The standard InChI is InChI=1S/C17H21N3O2/c1-21-15-5-4-13(11-16(15)22-2)10-14-6-9-20(12-14)17-18-7-3-8-19-17/h3-5,7-8,11,14H,6,9-10,12H2,1-2H3. The molecule has 1 aromatic heterocycles. The second-order valence-corrected chi connectivity index (χ2v) is 5.54. The molecule has 5 heteroatoms. The van der Waals surface area contributed by atoms with Crippen molar-refractivity contribution in [2.75, 3.05) is 32.2 Å². The Morgan fingerprint density at radius 1 is 1.14 bits per heavy atom. The van der Waals surface area contributed by atoms with Crippen LogP contribution in [0.25, 0.3) is 0 Å². The Labute approximate surface area is 130 Å². The first-order valence-corrected chi connectivity index (χ1v) is 7.53. The normalized spacial score (nSPS) is 17.5. The number of ether oxygens (including phenoxy) is 2. The van der Waals surface area contributed by atoms with Crippen molar-refractivity contribution in [3.63, 3.8) is 0 Å². The molecule has 1 aromatic carbocycles. The summed E-state index contributed by atoms with van der Waals surface area (Å²) in [6.07, 6.45) is 5.78. The highest BCUT2D eigenvalue weighted by Gasteiger charge is 2.24. The van der Waals surface area contributed by atoms with Gasteiger partial charge in [-0.3, -0.25) is 0 Å². The molecule has 0 bridgehead atoms. The van der Waals surface area contributed by atoms with E-state index in [0.29, 0.717) is 5.92 Å². The smallest absolute Gasteiger partial charge is 0.225 e. The molecule has 5 nitrogen and oxygen atoms in total. The van der Waals surface area contributed by atoms with Gasteiger partial charge in [-0.05, 0) is 42.5 Å². The molecule has 1 atom stereocenters. The molecule has 0 spiro atoms. The van der Waals surface area contributed by atoms with Crippen LogP contribution in [0.1, 0.15) is 12.0 Å². The molecule has 2 aromatic rings. The lowest BCUT2D eigenvalue weighted by Gasteiger charge is -2.16. The zero-order valence-corrected chi connectivity index (χ0v) is 13.0. The summed E-state index contributed by atoms with van der Waals surface area (Å²) in [6, 6.07) is 8.01. The third kappa shape index (κ3) is 3.13. The van der Waals surface area contributed by atoms with E-state index in [2.05, 4.69) is 27.0 Å². The van der Waals surface area contributed by atoms with Crippen LogP contribution in [0.5, 0.6) is 11.5 Å². The van der Waals surface area contributed by atoms with Gasteiger partial charge in [0.15, 0.2) is 11.5 Å². The van der Waals surface area contributed by atoms with Gasteiger partial charge in [0.2, 0.25) is 5.95 Å². The van der Waals surface area contributed by atoms with Crippen molar-refractivity contribution < 1.29 is 9.47 Å². The van der Waals surface area contributed by atoms with Gasteiger partial charge in [0.05, 0.1) is 14.2 Å². The number of anilines is 1. The fourth-order valence-electron chi connectivity index (χ4n) is 2.98. The van der Waals surface area contributed by atoms with Crippen molar-refractivity contribution in [1.82, 2.24) is 9.97 Å². The second-order valence-electron chi connectivity index (χ2n) is 5.54. The molecule has 0 radical (unpaired) electrons. The quantitative estimate of drug-likeness (QED) is 0.849. The van der Waals surface area contributed by atoms with Gasteiger partial charge in [-0.1, -0.05) is 6.07 Å². The molecule has 22 heavy (non-hydrogen) atoms. The van der Waals surface area contributed by atoms with Crippen molar-refractivity contribution in [1.29, 1.82) is 0 Å². The number of hydrogen-bond donors (Lipinski definition) is 0. The van der Waals surface area contributed by atoms with E-state index in [9.17, 15) is 0 Å². The first-order chi connectivity index (χ1) is 10.8. The minimum absolute atomic E-state index is 0.613. The topological polar surface area (TPSA) is 47.5 Å². The average molecular weight is 299 g/mol. The van der Waals surface area contributed by atoms with Crippen LogP contribution in [0.4, 0.5) is 5.95 Å². The monoisotopic (exact) mass is 299 g/mol. The molecule has 2 heterocycles. The van der Waals surface area contributed by atoms with E-state index in [1.807, 2.05) is 12.1 Å². The van der Waals surface area contributed by atoms with E-state index >= 15 is 0 Å². The highest BCUT2D eigenvalue weighted by Crippen LogP contribution is 2.30. The number of aromatic nitrogens is 2. The van der Waals surface area contributed by atoms with Crippen LogP contribution in [0.2, 0.25) is 0 Å². The van der Waals surface area contributed by atoms with E-state index in [1.165, 1.54) is 5.56 Å². The van der Waals surface area contributed by atoms with Gasteiger partial charge in [0.25, 0.3) is 0 Å². The maximum absolute atomic E-state index is 5.38. The summed E-state index contributed by atoms with van der Waals surface area (Å²) in [5, 5.41) is 0. The van der Waals surface area contributed by atoms with Crippen molar-refractivity contribution in [3.05, 3.63) is 42.2 Å². The summed E-state index contributed by atoms with van der Waals surface area (Å²) in [7, 11) is 3.33. The van der Waals surface area contributed by atoms with Gasteiger partial charge in [0, 0.05) is 25.5 Å². The van der Waals surface area contributed by atoms with Crippen LogP contribution >= 0.6 is 0 Å². The summed E-state index contributed by atoms with van der Waals surface area (Å²) in [5.74, 6) is 3.01. The summed E-state index contributed by atoms with van der Waals surface area (Å²) >= 11 is 0. The Morgan fingerprint density at radius 3 is 2.64 bits per heavy atom. The minimum Gasteiger partial charge on any atom is -0.493 e. The third-order valence-electron chi connectivity index (χ3n) is 4.09. The molecule has 116 valence electrons. The third-order valence-corrected chi connectivity index (χ3v) is 4.09. The van der Waals surface area contributed by atoms with Gasteiger partial charge < -0.3 is 14.4 Å². The number of methoxy groups -OCH3 is 2. The van der Waals surface area contributed by atoms with E-state index in [0.717, 1.165) is 43.4 Å². The van der Waals surface area contributed by atoms with Crippen LogP contribution in [-0.4, -0.2) is 37.3 Å². The van der Waals surface area contributed by atoms with E-state index < -0.39 is 0 Å². The molecule has 0 saturated carbocycles. The second kappa shape index (κ2) is 6.64. The SMILES string of the molecule is COc1ccc(CC2CCN(c3ncccn3)C2)cc1OC. The van der Waals surface area contributed by atoms with E-state index in [-0.39, 0.29) is 0 Å². The largest absolute Gasteiger partial charge is 0.493 e. The molecular formula is C17H21N3O2. The summed E-state index contributed by atoms with van der Waals surface area (Å²) < 4.78 is 10.7. The minimum atomic E-state index is 0.613. The Morgan fingerprint density at radius 2 is 1.91 bits per heavy atom. The first-order valence-electron chi connectivity index (χ1n) is 7.53. The van der Waals surface area contributed by atoms with Crippen molar-refractivity contribution >= 4 is 5.95 Å². The van der Waals surface area contributed by atoms with Crippen molar-refractivity contribution in [3.8, 4) is 11.5 Å². The van der Waals surface area contributed by atoms with E-state index in [4.69, 9.17) is 9.47 Å². The van der Waals surface area contributed by atoms with E-state index in [1.54, 1.807) is 26.6 Å². The molecule has 1 aliphatic heterocycles. The van der Waals surface area contributed by atoms with Crippen LogP contribution in [-0.2, 0) is 6.42 Å². The van der Waals surface area contributed by atoms with Gasteiger partial charge in [-0.15, -0.1) is 0 Å². The van der Waals surface area contributed by atoms with Crippen molar-refractivity contribution in [2.24, 2.45) is 5.92 Å². The highest BCUT2D eigenvalue weighted by molar-refractivity contribution is 5.43. The van der Waals surface area contributed by atoms with Gasteiger partial charge >= 0.3 is 0 Å². The number of nitrogens with zero attached hydrogens (tertiary/aromatic N) is 3. The molecule has 3 rings (SSSR count). The fraction of sp³-hybridized carbons (Fsp3) is 0.412. The number of rotatable bonds is 5. The molecule has 0 aliphatic carbocycles. The Balaban J connectivity index is 1.65. The maximum atomic E-state index is 5.38. The van der Waals surface area contributed by atoms with Gasteiger partial charge in [0.1, 0.15) is 0 Å². The van der Waals surface area contributed by atoms with Gasteiger partial charge in [-0.25, -0.2) is 9.97 Å². The average Bonchev–Trinajstić information content (AvgIpc) is 3.04. The lowest BCUT2D eigenvalue weighted by atomic mass is 9.98. The lowest BCUT2D eigenvalue weighted by Crippen LogP contribution is -2.22. The molecule has 1 unspecified atom stereocenters. The predicted octanol–water partition coefficient (Wildman–Crippen LogP) is 2.56. The fourth-order valence-corrected chi connectivity index (χ4v) is 2.98. The summed E-state index contributed by atoms with van der Waals surface area (Å²) in [4.78, 5) is 10.9. The predicted molar refractivity (Wildman–Crippen MR) is 85.6 cm³/mol. The molecular weight excluding hydrogens is 278 g/mol. The Bertz CT molecular complexity index is 619. The summed E-state index contributed by atoms with van der Waals surface area (Å²) in [5.41, 5.74) is 1.28. The lowest BCUT2D eigenvalue weighted by molar-refractivity contribution is 0.354. The zero-order chi connectivity index (χ0) is 15.4. The van der Waals surface area contributed by atoms with Crippen molar-refractivity contribution in [2.45, 2.75) is 12.8 Å². The Kier molecular flexibility index (Phi) is 4.42. The molecule has 0 N–H and O–H groups in total. The molecule has 0 amide bonds. The highest BCUT2D eigenvalue weighted by atomic mass is 16.5. The first kappa shape index (κ1) is 14.6. The number of hydrogen-bond acceptors (Lipinski definition) is 5. The summed E-state index contributed by atoms with van der Waals surface area (Å²) in [6.45, 7) is 2.01. The van der Waals surface area contributed by atoms with Crippen LogP contribution < -0.4 is 14.4 Å². The molecule has 1 saturated heterocycles. The van der Waals surface area contributed by atoms with Crippen LogP contribution in [0, 0.1) is 5.92 Å².